The molecule has 0 radical (unpaired) electrons. The van der Waals surface area contributed by atoms with E-state index in [1.165, 1.54) is 11.1 Å². The van der Waals surface area contributed by atoms with E-state index in [2.05, 4.69) is 34.6 Å². The molecular weight excluding hydrogens is 400 g/mol. The number of aryl methyl sites for hydroxylation is 1. The highest BCUT2D eigenvalue weighted by atomic mass is 16.5. The second kappa shape index (κ2) is 9.11. The molecule has 0 aromatic heterocycles. The molecule has 4 nitrogen and oxygen atoms in total. The van der Waals surface area contributed by atoms with Crippen LogP contribution >= 0.6 is 0 Å². The molecule has 0 bridgehead atoms. The van der Waals surface area contributed by atoms with E-state index in [4.69, 9.17) is 4.74 Å². The fraction of sp³-hybridized carbons (Fsp3) is 0.679. The summed E-state index contributed by atoms with van der Waals surface area (Å²) < 4.78 is 5.51. The van der Waals surface area contributed by atoms with Crippen molar-refractivity contribution in [3.63, 3.8) is 0 Å². The molecule has 0 aliphatic heterocycles. The minimum atomic E-state index is -0.701. The number of hydrogen-bond acceptors (Lipinski definition) is 3. The van der Waals surface area contributed by atoms with Gasteiger partial charge in [0.2, 0.25) is 0 Å². The molecule has 2 aliphatic rings. The number of methoxy groups -OCH3 is 1. The molecule has 1 aromatic carbocycles. The van der Waals surface area contributed by atoms with Gasteiger partial charge in [0, 0.05) is 6.42 Å². The number of carbonyl (C=O) groups is 1. The summed E-state index contributed by atoms with van der Waals surface area (Å²) in [7, 11) is 1.67. The predicted octanol–water partition coefficient (Wildman–Crippen LogP) is 6.92. The zero-order valence-corrected chi connectivity index (χ0v) is 21.0. The third kappa shape index (κ3) is 4.30. The Morgan fingerprint density at radius 3 is 2.50 bits per heavy atom. The van der Waals surface area contributed by atoms with Gasteiger partial charge in [-0.1, -0.05) is 31.9 Å². The molecule has 32 heavy (non-hydrogen) atoms. The van der Waals surface area contributed by atoms with E-state index in [9.17, 15) is 15.0 Å². The van der Waals surface area contributed by atoms with Gasteiger partial charge < -0.3 is 14.9 Å². The van der Waals surface area contributed by atoms with Crippen molar-refractivity contribution >= 4 is 5.97 Å². The topological polar surface area (TPSA) is 66.8 Å². The van der Waals surface area contributed by atoms with E-state index in [-0.39, 0.29) is 17.3 Å². The average molecular weight is 443 g/mol. The van der Waals surface area contributed by atoms with Crippen LogP contribution in [0.15, 0.2) is 23.3 Å². The summed E-state index contributed by atoms with van der Waals surface area (Å²) in [6.45, 7) is 13.5. The minimum Gasteiger partial charge on any atom is -0.507 e. The Hall–Kier alpha value is -1.97. The third-order valence-corrected chi connectivity index (χ3v) is 9.20. The Morgan fingerprint density at radius 1 is 1.22 bits per heavy atom. The normalized spacial score (nSPS) is 32.3. The first kappa shape index (κ1) is 24.7. The molecule has 0 spiro atoms. The summed E-state index contributed by atoms with van der Waals surface area (Å²) in [6.07, 6.45) is 6.21. The van der Waals surface area contributed by atoms with Gasteiger partial charge in [-0.2, -0.15) is 0 Å². The van der Waals surface area contributed by atoms with Crippen LogP contribution in [0.4, 0.5) is 0 Å². The summed E-state index contributed by atoms with van der Waals surface area (Å²) in [5.41, 5.74) is 4.77. The molecule has 2 aliphatic carbocycles. The average Bonchev–Trinajstić information content (AvgIpc) is 2.72. The Bertz CT molecular complexity index is 897. The van der Waals surface area contributed by atoms with Crippen molar-refractivity contribution < 1.29 is 19.7 Å². The van der Waals surface area contributed by atoms with Crippen LogP contribution in [0.3, 0.4) is 0 Å². The Morgan fingerprint density at radius 2 is 1.91 bits per heavy atom. The molecule has 2 N–H and O–H groups in total. The number of phenols is 1. The van der Waals surface area contributed by atoms with Gasteiger partial charge in [0.25, 0.3) is 0 Å². The van der Waals surface area contributed by atoms with Crippen LogP contribution < -0.4 is 4.74 Å². The van der Waals surface area contributed by atoms with Gasteiger partial charge >= 0.3 is 5.97 Å². The van der Waals surface area contributed by atoms with Gasteiger partial charge in [0.15, 0.2) is 0 Å². The number of carboxylic acid groups (broad SMARTS) is 1. The number of aliphatic carboxylic acids is 1. The van der Waals surface area contributed by atoms with E-state index >= 15 is 0 Å². The quantitative estimate of drug-likeness (QED) is 0.469. The van der Waals surface area contributed by atoms with Crippen LogP contribution in [-0.2, 0) is 11.2 Å². The number of fused-ring (bicyclic) bond motifs is 1. The largest absolute Gasteiger partial charge is 0.507 e. The number of rotatable bonds is 6. The van der Waals surface area contributed by atoms with Crippen LogP contribution in [0.1, 0.15) is 84.3 Å². The number of benzene rings is 1. The number of allylic oxidation sites excluding steroid dienone is 2. The Balaban J connectivity index is 2.04. The molecule has 0 saturated heterocycles. The lowest BCUT2D eigenvalue weighted by molar-refractivity contribution is -0.138. The van der Waals surface area contributed by atoms with Crippen molar-refractivity contribution in [3.05, 3.63) is 34.4 Å². The summed E-state index contributed by atoms with van der Waals surface area (Å²) in [4.78, 5) is 11.5. The lowest BCUT2D eigenvalue weighted by Crippen LogP contribution is -2.54. The zero-order chi connectivity index (χ0) is 23.8. The van der Waals surface area contributed by atoms with Crippen LogP contribution in [0, 0.1) is 35.5 Å². The third-order valence-electron chi connectivity index (χ3n) is 9.20. The van der Waals surface area contributed by atoms with Crippen molar-refractivity contribution in [2.75, 3.05) is 7.11 Å². The highest BCUT2D eigenvalue weighted by Crippen LogP contribution is 2.65. The van der Waals surface area contributed by atoms with Gasteiger partial charge in [-0.05, 0) is 111 Å². The van der Waals surface area contributed by atoms with Crippen LogP contribution in [-0.4, -0.2) is 23.3 Å². The van der Waals surface area contributed by atoms with Gasteiger partial charge in [0.05, 0.1) is 7.11 Å². The number of phenolic OH excluding ortho intramolecular Hbond substituents is 1. The fourth-order valence-corrected chi connectivity index (χ4v) is 7.22. The van der Waals surface area contributed by atoms with Gasteiger partial charge in [-0.25, -0.2) is 0 Å². The Kier molecular flexibility index (Phi) is 7.02. The van der Waals surface area contributed by atoms with E-state index in [1.807, 2.05) is 19.1 Å². The van der Waals surface area contributed by atoms with Crippen molar-refractivity contribution in [1.29, 1.82) is 0 Å². The summed E-state index contributed by atoms with van der Waals surface area (Å²) >= 11 is 0. The number of hydrogen-bond donors (Lipinski definition) is 2. The Labute approximate surface area is 194 Å². The van der Waals surface area contributed by atoms with Crippen molar-refractivity contribution in [2.24, 2.45) is 28.6 Å². The lowest BCUT2D eigenvalue weighted by atomic mass is 9.43. The monoisotopic (exact) mass is 442 g/mol. The molecule has 178 valence electrons. The molecule has 0 amide bonds. The fourth-order valence-electron chi connectivity index (χ4n) is 7.22. The maximum Gasteiger partial charge on any atom is 0.303 e. The maximum absolute atomic E-state index is 11.5. The van der Waals surface area contributed by atoms with Crippen LogP contribution in [0.2, 0.25) is 0 Å². The number of ether oxygens (including phenoxy) is 1. The SMILES string of the molecule is COc1cc(C)c(O)c(C[C@]2(C)[C@H]3CCC(=C(C)C)[C@@H](CCC(=O)O)[C@]3(C)CC[C@@H]2C)c1. The van der Waals surface area contributed by atoms with E-state index in [1.54, 1.807) is 7.11 Å². The highest BCUT2D eigenvalue weighted by molar-refractivity contribution is 5.66. The smallest absolute Gasteiger partial charge is 0.303 e. The molecule has 1 aromatic rings. The minimum absolute atomic E-state index is 0.0257. The second-order valence-electron chi connectivity index (χ2n) is 11.2. The zero-order valence-electron chi connectivity index (χ0n) is 21.0. The molecule has 3 rings (SSSR count). The number of aromatic hydroxyl groups is 1. The second-order valence-corrected chi connectivity index (χ2v) is 11.2. The van der Waals surface area contributed by atoms with Crippen LogP contribution in [0.25, 0.3) is 0 Å². The van der Waals surface area contributed by atoms with Crippen molar-refractivity contribution in [3.8, 4) is 11.5 Å². The van der Waals surface area contributed by atoms with Gasteiger partial charge in [-0.15, -0.1) is 0 Å². The van der Waals surface area contributed by atoms with E-state index in [0.717, 1.165) is 55.4 Å². The predicted molar refractivity (Wildman–Crippen MR) is 129 cm³/mol. The molecule has 5 atom stereocenters. The summed E-state index contributed by atoms with van der Waals surface area (Å²) in [5.74, 6) is 1.79. The van der Waals surface area contributed by atoms with Crippen molar-refractivity contribution in [1.82, 2.24) is 0 Å². The summed E-state index contributed by atoms with van der Waals surface area (Å²) in [5, 5.41) is 20.3. The standard InChI is InChI=1S/C28H42O4/c1-17(2)22-8-10-24-27(5,23(22)9-11-25(29)30)13-12-19(4)28(24,6)16-20-15-21(32-7)14-18(3)26(20)31/h14-15,19,23-24,31H,8-13,16H2,1-7H3,(H,29,30)/t19-,23+,24-,27-,28-/m0/s1. The maximum atomic E-state index is 11.5. The molecule has 2 fully saturated rings. The first-order valence-corrected chi connectivity index (χ1v) is 12.2. The molecule has 2 saturated carbocycles. The molecular formula is C28H42O4. The molecule has 0 heterocycles. The number of carboxylic acids is 1. The first-order chi connectivity index (χ1) is 14.9. The lowest BCUT2D eigenvalue weighted by Gasteiger charge is -2.61. The molecule has 0 unspecified atom stereocenters. The van der Waals surface area contributed by atoms with Gasteiger partial charge in [0.1, 0.15) is 11.5 Å². The highest BCUT2D eigenvalue weighted by Gasteiger charge is 2.57. The van der Waals surface area contributed by atoms with E-state index < -0.39 is 5.97 Å². The van der Waals surface area contributed by atoms with Gasteiger partial charge in [-0.3, -0.25) is 4.79 Å². The van der Waals surface area contributed by atoms with E-state index in [0.29, 0.717) is 23.5 Å². The molecule has 4 heteroatoms. The summed E-state index contributed by atoms with van der Waals surface area (Å²) in [6, 6.07) is 3.89. The first-order valence-electron chi connectivity index (χ1n) is 12.2. The van der Waals surface area contributed by atoms with Crippen molar-refractivity contribution in [2.45, 2.75) is 86.5 Å². The van der Waals surface area contributed by atoms with Crippen LogP contribution in [0.5, 0.6) is 11.5 Å².